The molecule has 0 spiro atoms. The van der Waals surface area contributed by atoms with Crippen LogP contribution in [0.4, 0.5) is 13.2 Å². The number of hydrogen-bond acceptors (Lipinski definition) is 0. The number of alkyl halides is 3. The summed E-state index contributed by atoms with van der Waals surface area (Å²) in [6, 6.07) is 0. The van der Waals surface area contributed by atoms with Crippen LogP contribution in [-0.4, -0.2) is 6.18 Å². The van der Waals surface area contributed by atoms with Crippen molar-refractivity contribution < 1.29 is 13.2 Å². The third-order valence-corrected chi connectivity index (χ3v) is 4.73. The van der Waals surface area contributed by atoms with E-state index in [1.54, 1.807) is 0 Å². The van der Waals surface area contributed by atoms with Crippen molar-refractivity contribution in [1.82, 2.24) is 0 Å². The fourth-order valence-corrected chi connectivity index (χ4v) is 3.80. The molecular weight excluding hydrogens is 225 g/mol. The average Bonchev–Trinajstić information content (AvgIpc) is 2.29. The molecule has 100 valence electrons. The van der Waals surface area contributed by atoms with Gasteiger partial charge in [0.25, 0.3) is 0 Å². The Hall–Kier alpha value is -0.210. The van der Waals surface area contributed by atoms with Gasteiger partial charge in [0.15, 0.2) is 0 Å². The summed E-state index contributed by atoms with van der Waals surface area (Å²) >= 11 is 0. The standard InChI is InChI=1S/C14H23F3/c15-14(16,17)10-11-6-8-13(9-7-11)12-4-2-1-3-5-12/h11-13H,1-10H2. The van der Waals surface area contributed by atoms with Crippen molar-refractivity contribution in [2.45, 2.75) is 70.4 Å². The smallest absolute Gasteiger partial charge is 0.171 e. The number of halogens is 3. The molecular formula is C14H23F3. The topological polar surface area (TPSA) is 0 Å². The van der Waals surface area contributed by atoms with E-state index in [4.69, 9.17) is 0 Å². The molecule has 0 nitrogen and oxygen atoms in total. The molecule has 0 N–H and O–H groups in total. The fourth-order valence-electron chi connectivity index (χ4n) is 3.80. The summed E-state index contributed by atoms with van der Waals surface area (Å²) in [5.41, 5.74) is 0. The Balaban J connectivity index is 1.73. The molecule has 0 unspecified atom stereocenters. The van der Waals surface area contributed by atoms with E-state index in [2.05, 4.69) is 0 Å². The van der Waals surface area contributed by atoms with E-state index >= 15 is 0 Å². The predicted molar refractivity (Wildman–Crippen MR) is 62.7 cm³/mol. The van der Waals surface area contributed by atoms with Crippen LogP contribution in [0, 0.1) is 17.8 Å². The Morgan fingerprint density at radius 3 is 1.76 bits per heavy atom. The third kappa shape index (κ3) is 4.18. The first-order valence-electron chi connectivity index (χ1n) is 7.11. The summed E-state index contributed by atoms with van der Waals surface area (Å²) in [4.78, 5) is 0. The van der Waals surface area contributed by atoms with Crippen LogP contribution in [0.5, 0.6) is 0 Å². The highest BCUT2D eigenvalue weighted by atomic mass is 19.4. The SMILES string of the molecule is FC(F)(F)CC1CCC(C2CCCCC2)CC1. The molecule has 2 aliphatic carbocycles. The molecule has 2 aliphatic rings. The van der Waals surface area contributed by atoms with Gasteiger partial charge in [-0.05, 0) is 43.4 Å². The van der Waals surface area contributed by atoms with Crippen LogP contribution >= 0.6 is 0 Å². The van der Waals surface area contributed by atoms with Crippen molar-refractivity contribution in [2.24, 2.45) is 17.8 Å². The van der Waals surface area contributed by atoms with Crippen LogP contribution in [0.1, 0.15) is 64.2 Å². The van der Waals surface area contributed by atoms with Gasteiger partial charge in [0.2, 0.25) is 0 Å². The van der Waals surface area contributed by atoms with Gasteiger partial charge in [-0.3, -0.25) is 0 Å². The third-order valence-electron chi connectivity index (χ3n) is 4.73. The van der Waals surface area contributed by atoms with Crippen LogP contribution in [0.25, 0.3) is 0 Å². The zero-order chi connectivity index (χ0) is 12.3. The minimum Gasteiger partial charge on any atom is -0.171 e. The largest absolute Gasteiger partial charge is 0.389 e. The van der Waals surface area contributed by atoms with Gasteiger partial charge in [0.1, 0.15) is 0 Å². The zero-order valence-corrected chi connectivity index (χ0v) is 10.4. The van der Waals surface area contributed by atoms with Gasteiger partial charge in [-0.15, -0.1) is 0 Å². The molecule has 0 aromatic rings. The quantitative estimate of drug-likeness (QED) is 0.620. The van der Waals surface area contributed by atoms with Crippen molar-refractivity contribution in [1.29, 1.82) is 0 Å². The van der Waals surface area contributed by atoms with Crippen LogP contribution in [0.3, 0.4) is 0 Å². The summed E-state index contributed by atoms with van der Waals surface area (Å²) < 4.78 is 36.9. The molecule has 0 amide bonds. The maximum atomic E-state index is 12.3. The van der Waals surface area contributed by atoms with Crippen LogP contribution < -0.4 is 0 Å². The second-order valence-electron chi connectivity index (χ2n) is 6.00. The van der Waals surface area contributed by atoms with E-state index in [0.29, 0.717) is 0 Å². The molecule has 0 aromatic heterocycles. The fraction of sp³-hybridized carbons (Fsp3) is 1.00. The second-order valence-corrected chi connectivity index (χ2v) is 6.00. The molecule has 0 saturated heterocycles. The highest BCUT2D eigenvalue weighted by Gasteiger charge is 2.35. The summed E-state index contributed by atoms with van der Waals surface area (Å²) in [6.45, 7) is 0. The van der Waals surface area contributed by atoms with Gasteiger partial charge in [-0.2, -0.15) is 13.2 Å². The van der Waals surface area contributed by atoms with E-state index in [0.717, 1.165) is 37.5 Å². The van der Waals surface area contributed by atoms with E-state index in [-0.39, 0.29) is 5.92 Å². The van der Waals surface area contributed by atoms with Gasteiger partial charge in [0.05, 0.1) is 0 Å². The minimum absolute atomic E-state index is 0.0881. The van der Waals surface area contributed by atoms with E-state index in [9.17, 15) is 13.2 Å². The Kier molecular flexibility index (Phi) is 4.37. The van der Waals surface area contributed by atoms with E-state index in [1.807, 2.05) is 0 Å². The first-order chi connectivity index (χ1) is 8.04. The molecule has 0 heterocycles. The van der Waals surface area contributed by atoms with Crippen molar-refractivity contribution >= 4 is 0 Å². The predicted octanol–water partition coefficient (Wildman–Crippen LogP) is 5.33. The Labute approximate surface area is 102 Å². The second kappa shape index (κ2) is 5.62. The van der Waals surface area contributed by atoms with Crippen LogP contribution in [-0.2, 0) is 0 Å². The van der Waals surface area contributed by atoms with E-state index < -0.39 is 12.6 Å². The minimum atomic E-state index is -3.96. The Morgan fingerprint density at radius 2 is 1.24 bits per heavy atom. The molecule has 2 saturated carbocycles. The average molecular weight is 248 g/mol. The van der Waals surface area contributed by atoms with Crippen molar-refractivity contribution in [3.63, 3.8) is 0 Å². The van der Waals surface area contributed by atoms with Crippen molar-refractivity contribution in [3.05, 3.63) is 0 Å². The molecule has 0 bridgehead atoms. The highest BCUT2D eigenvalue weighted by molar-refractivity contribution is 4.80. The van der Waals surface area contributed by atoms with E-state index in [1.165, 1.54) is 32.1 Å². The summed E-state index contributed by atoms with van der Waals surface area (Å²) in [6.07, 6.45) is 5.90. The Morgan fingerprint density at radius 1 is 0.706 bits per heavy atom. The molecule has 0 aliphatic heterocycles. The highest BCUT2D eigenvalue weighted by Crippen LogP contribution is 2.42. The summed E-state index contributed by atoms with van der Waals surface area (Å²) in [7, 11) is 0. The molecule has 2 rings (SSSR count). The van der Waals surface area contributed by atoms with Crippen LogP contribution in [0.2, 0.25) is 0 Å². The first-order valence-corrected chi connectivity index (χ1v) is 7.11. The zero-order valence-electron chi connectivity index (χ0n) is 10.4. The van der Waals surface area contributed by atoms with Gasteiger partial charge < -0.3 is 0 Å². The molecule has 0 atom stereocenters. The lowest BCUT2D eigenvalue weighted by atomic mass is 9.70. The number of rotatable bonds is 2. The van der Waals surface area contributed by atoms with Crippen molar-refractivity contribution in [3.8, 4) is 0 Å². The first kappa shape index (κ1) is 13.2. The lowest BCUT2D eigenvalue weighted by Crippen LogP contribution is -2.26. The maximum Gasteiger partial charge on any atom is 0.389 e. The normalized spacial score (nSPS) is 32.6. The van der Waals surface area contributed by atoms with Crippen LogP contribution in [0.15, 0.2) is 0 Å². The molecule has 0 radical (unpaired) electrons. The lowest BCUT2D eigenvalue weighted by Gasteiger charge is -2.36. The lowest BCUT2D eigenvalue weighted by molar-refractivity contribution is -0.147. The monoisotopic (exact) mass is 248 g/mol. The van der Waals surface area contributed by atoms with Gasteiger partial charge >= 0.3 is 6.18 Å². The molecule has 3 heteroatoms. The molecule has 0 aromatic carbocycles. The molecule has 2 fully saturated rings. The maximum absolute atomic E-state index is 12.3. The van der Waals surface area contributed by atoms with Gasteiger partial charge in [-0.1, -0.05) is 32.1 Å². The molecule has 17 heavy (non-hydrogen) atoms. The summed E-state index contributed by atoms with van der Waals surface area (Å²) in [5, 5.41) is 0. The summed E-state index contributed by atoms with van der Waals surface area (Å²) in [5.74, 6) is 1.48. The van der Waals surface area contributed by atoms with Gasteiger partial charge in [0, 0.05) is 6.42 Å². The Bertz CT molecular complexity index is 220. The van der Waals surface area contributed by atoms with Gasteiger partial charge in [-0.25, -0.2) is 0 Å². The van der Waals surface area contributed by atoms with Crippen molar-refractivity contribution in [2.75, 3.05) is 0 Å². The number of hydrogen-bond donors (Lipinski definition) is 0.